The van der Waals surface area contributed by atoms with E-state index in [9.17, 15) is 16.8 Å². The van der Waals surface area contributed by atoms with E-state index in [0.29, 0.717) is 0 Å². The Morgan fingerprint density at radius 1 is 1.00 bits per heavy atom. The van der Waals surface area contributed by atoms with Crippen molar-refractivity contribution in [1.29, 1.82) is 0 Å². The predicted octanol–water partition coefficient (Wildman–Crippen LogP) is -0.264. The minimum atomic E-state index is -4.80. The van der Waals surface area contributed by atoms with Crippen LogP contribution in [0, 0.1) is 0 Å². The summed E-state index contributed by atoms with van der Waals surface area (Å²) in [6.07, 6.45) is 0. The van der Waals surface area contributed by atoms with Crippen LogP contribution in [-0.2, 0) is 20.5 Å². The molecule has 0 unspecified atom stereocenters. The van der Waals surface area contributed by atoms with E-state index < -0.39 is 20.5 Å². The molecule has 0 heterocycles. The highest BCUT2D eigenvalue weighted by molar-refractivity contribution is 8.03. The van der Waals surface area contributed by atoms with E-state index in [1.54, 1.807) is 18.2 Å². The average Bonchev–Trinajstić information content (AvgIpc) is 1.99. The van der Waals surface area contributed by atoms with Gasteiger partial charge in [-0.2, -0.15) is 16.8 Å². The average molecular weight is 252 g/mol. The van der Waals surface area contributed by atoms with E-state index in [2.05, 4.69) is 0 Å². The van der Waals surface area contributed by atoms with Gasteiger partial charge in [0.15, 0.2) is 0 Å². The lowest BCUT2D eigenvalue weighted by molar-refractivity contribution is 0.478. The van der Waals surface area contributed by atoms with Crippen LogP contribution in [0.1, 0.15) is 0 Å². The third-order valence-corrected chi connectivity index (χ3v) is 3.47. The van der Waals surface area contributed by atoms with Crippen molar-refractivity contribution < 1.29 is 21.4 Å². The summed E-state index contributed by atoms with van der Waals surface area (Å²) in [5, 5.41) is 0. The van der Waals surface area contributed by atoms with Gasteiger partial charge in [-0.3, -0.25) is 9.27 Å². The van der Waals surface area contributed by atoms with Crippen molar-refractivity contribution in [1.82, 2.24) is 4.13 Å². The van der Waals surface area contributed by atoms with Gasteiger partial charge >= 0.3 is 20.5 Å². The first-order chi connectivity index (χ1) is 6.79. The smallest absolute Gasteiger partial charge is 0.273 e. The molecule has 15 heavy (non-hydrogen) atoms. The molecule has 1 aromatic carbocycles. The Bertz CT molecular complexity index is 522. The summed E-state index contributed by atoms with van der Waals surface area (Å²) in [7, 11) is -9.13. The van der Waals surface area contributed by atoms with Gasteiger partial charge in [0.1, 0.15) is 0 Å². The van der Waals surface area contributed by atoms with Crippen molar-refractivity contribution >= 4 is 26.2 Å². The Hall–Kier alpha value is -1.16. The third-order valence-electron chi connectivity index (χ3n) is 1.24. The first-order valence-electron chi connectivity index (χ1n) is 3.62. The molecule has 3 N–H and O–H groups in total. The first kappa shape index (κ1) is 11.9. The largest absolute Gasteiger partial charge is 0.348 e. The molecule has 0 aliphatic rings. The van der Waals surface area contributed by atoms with E-state index >= 15 is 0 Å². The lowest BCUT2D eigenvalue weighted by Crippen LogP contribution is -2.34. The number of benzene rings is 1. The molecule has 0 fully saturated rings. The lowest BCUT2D eigenvalue weighted by atomic mass is 10.3. The zero-order chi connectivity index (χ0) is 11.5. The second-order valence-electron chi connectivity index (χ2n) is 2.53. The molecule has 9 heteroatoms. The Balaban J connectivity index is 2.83. The van der Waals surface area contributed by atoms with Crippen molar-refractivity contribution in [3.8, 4) is 0 Å². The molecule has 1 rings (SSSR count). The maximum Gasteiger partial charge on any atom is 0.348 e. The van der Waals surface area contributed by atoms with Crippen LogP contribution < -0.4 is 8.85 Å². The molecule has 0 saturated carbocycles. The van der Waals surface area contributed by atoms with Crippen LogP contribution >= 0.6 is 0 Å². The van der Waals surface area contributed by atoms with Crippen LogP contribution in [0.2, 0.25) is 0 Å². The maximum absolute atomic E-state index is 11.1. The Morgan fingerprint density at radius 3 is 2.00 bits per heavy atom. The zero-order valence-electron chi connectivity index (χ0n) is 7.28. The predicted molar refractivity (Wildman–Crippen MR) is 53.7 cm³/mol. The molecule has 84 valence electrons. The molecule has 0 atom stereocenters. The number of hydrogen-bond acceptors (Lipinski definition) is 4. The molecule has 0 spiro atoms. The van der Waals surface area contributed by atoms with Gasteiger partial charge in [-0.15, -0.1) is 0 Å². The van der Waals surface area contributed by atoms with Crippen molar-refractivity contribution in [3.63, 3.8) is 0 Å². The van der Waals surface area contributed by atoms with Crippen LogP contribution in [0.3, 0.4) is 0 Å². The number of para-hydroxylation sites is 1. The van der Waals surface area contributed by atoms with Crippen LogP contribution in [0.5, 0.6) is 0 Å². The standard InChI is InChI=1S/C6H8N2O5S2/c9-14(10,8-15(11,12)13)7-6-4-2-1-3-5-6/h1-5,7-8H,(H,11,12,13). The van der Waals surface area contributed by atoms with Crippen molar-refractivity contribution in [2.45, 2.75) is 0 Å². The minimum Gasteiger partial charge on any atom is -0.273 e. The number of hydrogen-bond donors (Lipinski definition) is 3. The number of nitrogens with one attached hydrogen (secondary N) is 2. The molecule has 0 aromatic heterocycles. The summed E-state index contributed by atoms with van der Waals surface area (Å²) in [4.78, 5) is 0. The fourth-order valence-corrected chi connectivity index (χ4v) is 2.54. The Morgan fingerprint density at radius 2 is 1.53 bits per heavy atom. The highest BCUT2D eigenvalue weighted by Gasteiger charge is 2.17. The monoisotopic (exact) mass is 252 g/mol. The summed E-state index contributed by atoms with van der Waals surface area (Å²) >= 11 is 0. The summed E-state index contributed by atoms with van der Waals surface area (Å²) < 4.78 is 53.8. The SMILES string of the molecule is O=S(=O)(O)NS(=O)(=O)Nc1ccccc1. The summed E-state index contributed by atoms with van der Waals surface area (Å²) in [5.41, 5.74) is 0.175. The molecule has 0 saturated heterocycles. The van der Waals surface area contributed by atoms with E-state index in [4.69, 9.17) is 4.55 Å². The van der Waals surface area contributed by atoms with Gasteiger partial charge in [0.25, 0.3) is 0 Å². The van der Waals surface area contributed by atoms with Gasteiger partial charge in [0, 0.05) is 5.69 Å². The number of rotatable bonds is 4. The maximum atomic E-state index is 11.1. The molecule has 1 aromatic rings. The van der Waals surface area contributed by atoms with Gasteiger partial charge in [-0.25, -0.2) is 0 Å². The topological polar surface area (TPSA) is 113 Å². The van der Waals surface area contributed by atoms with E-state index in [1.165, 1.54) is 12.1 Å². The van der Waals surface area contributed by atoms with E-state index in [0.717, 1.165) is 4.13 Å². The second-order valence-corrected chi connectivity index (χ2v) is 5.36. The molecular weight excluding hydrogens is 244 g/mol. The van der Waals surface area contributed by atoms with Gasteiger partial charge < -0.3 is 0 Å². The molecule has 0 amide bonds. The highest BCUT2D eigenvalue weighted by Crippen LogP contribution is 2.06. The number of anilines is 1. The van der Waals surface area contributed by atoms with Crippen LogP contribution in [0.25, 0.3) is 0 Å². The quantitative estimate of drug-likeness (QED) is 0.639. The third kappa shape index (κ3) is 4.74. The normalized spacial score (nSPS) is 12.3. The van der Waals surface area contributed by atoms with Crippen molar-refractivity contribution in [2.75, 3.05) is 4.72 Å². The second kappa shape index (κ2) is 4.14. The van der Waals surface area contributed by atoms with E-state index in [1.807, 2.05) is 4.72 Å². The fraction of sp³-hybridized carbons (Fsp3) is 0. The van der Waals surface area contributed by atoms with Crippen molar-refractivity contribution in [2.24, 2.45) is 0 Å². The molecule has 0 aliphatic carbocycles. The first-order valence-corrected chi connectivity index (χ1v) is 6.55. The van der Waals surface area contributed by atoms with Gasteiger partial charge in [0.2, 0.25) is 0 Å². The van der Waals surface area contributed by atoms with Crippen LogP contribution in [0.15, 0.2) is 30.3 Å². The van der Waals surface area contributed by atoms with Gasteiger partial charge in [0.05, 0.1) is 0 Å². The van der Waals surface area contributed by atoms with Gasteiger partial charge in [-0.05, 0) is 12.1 Å². The fourth-order valence-electron chi connectivity index (χ4n) is 0.821. The van der Waals surface area contributed by atoms with Crippen LogP contribution in [0.4, 0.5) is 5.69 Å². The van der Waals surface area contributed by atoms with E-state index in [-0.39, 0.29) is 5.69 Å². The molecule has 7 nitrogen and oxygen atoms in total. The summed E-state index contributed by atoms with van der Waals surface area (Å²) in [5.74, 6) is 0. The summed E-state index contributed by atoms with van der Waals surface area (Å²) in [6.45, 7) is 0. The molecule has 0 aliphatic heterocycles. The Labute approximate surface area is 87.2 Å². The molecular formula is C6H8N2O5S2. The molecule has 0 radical (unpaired) electrons. The minimum absolute atomic E-state index is 0.175. The highest BCUT2D eigenvalue weighted by atomic mass is 32.3. The Kier molecular flexibility index (Phi) is 3.29. The lowest BCUT2D eigenvalue weighted by Gasteiger charge is -2.06. The summed E-state index contributed by atoms with van der Waals surface area (Å²) in [6, 6.07) is 7.62. The van der Waals surface area contributed by atoms with Gasteiger partial charge in [-0.1, -0.05) is 22.3 Å². The molecule has 0 bridgehead atoms. The zero-order valence-corrected chi connectivity index (χ0v) is 8.92. The van der Waals surface area contributed by atoms with Crippen LogP contribution in [-0.4, -0.2) is 21.4 Å². The van der Waals surface area contributed by atoms with Crippen molar-refractivity contribution in [3.05, 3.63) is 30.3 Å².